The standard InChI is InChI=1S/C7H5NO2S2/c1-10-6(9)5(4-8)7-11-2-3-12-7/h2-3H,1H3. The SMILES string of the molecule is COC(=O)C(C#N)=C1SC=CS1. The highest BCUT2D eigenvalue weighted by molar-refractivity contribution is 8.27. The van der Waals surface area contributed by atoms with Gasteiger partial charge >= 0.3 is 5.97 Å². The Kier molecular flexibility index (Phi) is 3.26. The zero-order valence-electron chi connectivity index (χ0n) is 6.23. The molecule has 0 fully saturated rings. The Morgan fingerprint density at radius 2 is 2.17 bits per heavy atom. The van der Waals surface area contributed by atoms with Crippen LogP contribution in [-0.2, 0) is 9.53 Å². The van der Waals surface area contributed by atoms with Crippen LogP contribution in [0.5, 0.6) is 0 Å². The molecule has 0 aromatic rings. The first-order valence-corrected chi connectivity index (χ1v) is 4.76. The van der Waals surface area contributed by atoms with Crippen LogP contribution in [0.4, 0.5) is 0 Å². The highest BCUT2D eigenvalue weighted by atomic mass is 32.2. The van der Waals surface area contributed by atoms with Crippen molar-refractivity contribution in [1.29, 1.82) is 5.26 Å². The Balaban J connectivity index is 2.89. The van der Waals surface area contributed by atoms with Gasteiger partial charge < -0.3 is 4.74 Å². The van der Waals surface area contributed by atoms with Gasteiger partial charge in [-0.3, -0.25) is 0 Å². The van der Waals surface area contributed by atoms with E-state index in [1.54, 1.807) is 0 Å². The molecule has 3 nitrogen and oxygen atoms in total. The third kappa shape index (κ3) is 1.84. The molecule has 0 spiro atoms. The molecule has 1 aliphatic heterocycles. The molecule has 0 saturated heterocycles. The van der Waals surface area contributed by atoms with Crippen molar-refractivity contribution in [3.63, 3.8) is 0 Å². The van der Waals surface area contributed by atoms with Crippen LogP contribution in [0.2, 0.25) is 0 Å². The van der Waals surface area contributed by atoms with Crippen LogP contribution in [0.3, 0.4) is 0 Å². The lowest BCUT2D eigenvalue weighted by Gasteiger charge is -1.98. The lowest BCUT2D eigenvalue weighted by Crippen LogP contribution is -2.03. The number of carbonyl (C=O) groups is 1. The molecule has 5 heteroatoms. The second-order valence-corrected chi connectivity index (χ2v) is 3.86. The molecular formula is C7H5NO2S2. The van der Waals surface area contributed by atoms with Crippen LogP contribution in [0.1, 0.15) is 0 Å². The molecular weight excluding hydrogens is 194 g/mol. The van der Waals surface area contributed by atoms with Crippen molar-refractivity contribution in [3.05, 3.63) is 20.6 Å². The van der Waals surface area contributed by atoms with Gasteiger partial charge in [-0.1, -0.05) is 23.5 Å². The van der Waals surface area contributed by atoms with E-state index in [-0.39, 0.29) is 5.57 Å². The third-order valence-corrected chi connectivity index (χ3v) is 3.24. The first-order valence-electron chi connectivity index (χ1n) is 3.00. The molecule has 12 heavy (non-hydrogen) atoms. The number of nitrogens with zero attached hydrogens (tertiary/aromatic N) is 1. The largest absolute Gasteiger partial charge is 0.465 e. The second kappa shape index (κ2) is 4.24. The van der Waals surface area contributed by atoms with Crippen molar-refractivity contribution in [2.75, 3.05) is 7.11 Å². The summed E-state index contributed by atoms with van der Waals surface area (Å²) in [7, 11) is 1.26. The second-order valence-electron chi connectivity index (χ2n) is 1.77. The van der Waals surface area contributed by atoms with Gasteiger partial charge in [-0.2, -0.15) is 5.26 Å². The van der Waals surface area contributed by atoms with Crippen molar-refractivity contribution in [2.24, 2.45) is 0 Å². The average molecular weight is 199 g/mol. The summed E-state index contributed by atoms with van der Waals surface area (Å²) in [5.74, 6) is -0.573. The van der Waals surface area contributed by atoms with E-state index in [9.17, 15) is 4.79 Å². The number of rotatable bonds is 1. The van der Waals surface area contributed by atoms with Gasteiger partial charge in [0.15, 0.2) is 5.57 Å². The maximum Gasteiger partial charge on any atom is 0.350 e. The summed E-state index contributed by atoms with van der Waals surface area (Å²) in [5, 5.41) is 12.3. The predicted molar refractivity (Wildman–Crippen MR) is 49.0 cm³/mol. The highest BCUT2D eigenvalue weighted by Crippen LogP contribution is 2.39. The Bertz CT molecular complexity index is 291. The molecule has 62 valence electrons. The van der Waals surface area contributed by atoms with E-state index in [0.717, 1.165) is 0 Å². The van der Waals surface area contributed by atoms with Gasteiger partial charge in [0.25, 0.3) is 0 Å². The summed E-state index contributed by atoms with van der Waals surface area (Å²) in [6.45, 7) is 0. The molecule has 1 aliphatic rings. The molecule has 0 atom stereocenters. The van der Waals surface area contributed by atoms with Gasteiger partial charge in [0.1, 0.15) is 6.07 Å². The minimum absolute atomic E-state index is 0.0810. The quantitative estimate of drug-likeness (QED) is 0.366. The van der Waals surface area contributed by atoms with Crippen molar-refractivity contribution < 1.29 is 9.53 Å². The molecule has 0 saturated carbocycles. The van der Waals surface area contributed by atoms with Crippen LogP contribution in [0.15, 0.2) is 20.6 Å². The number of methoxy groups -OCH3 is 1. The van der Waals surface area contributed by atoms with Crippen LogP contribution >= 0.6 is 23.5 Å². The minimum atomic E-state index is -0.573. The van der Waals surface area contributed by atoms with Crippen molar-refractivity contribution >= 4 is 29.5 Å². The fraction of sp³-hybridized carbons (Fsp3) is 0.143. The Labute approximate surface area is 78.5 Å². The normalized spacial score (nSPS) is 14.2. The minimum Gasteiger partial charge on any atom is -0.465 e. The fourth-order valence-corrected chi connectivity index (χ4v) is 2.34. The number of esters is 1. The van der Waals surface area contributed by atoms with Gasteiger partial charge in [-0.25, -0.2) is 4.79 Å². The molecule has 0 aromatic heterocycles. The van der Waals surface area contributed by atoms with E-state index < -0.39 is 5.97 Å². The van der Waals surface area contributed by atoms with Crippen molar-refractivity contribution in [2.45, 2.75) is 0 Å². The summed E-state index contributed by atoms with van der Waals surface area (Å²) in [4.78, 5) is 11.0. The van der Waals surface area contributed by atoms with Gasteiger partial charge in [0, 0.05) is 0 Å². The third-order valence-electron chi connectivity index (χ3n) is 1.11. The Morgan fingerprint density at radius 1 is 1.58 bits per heavy atom. The molecule has 0 N–H and O–H groups in total. The molecule has 1 rings (SSSR count). The maximum atomic E-state index is 11.0. The van der Waals surface area contributed by atoms with Crippen LogP contribution in [0.25, 0.3) is 0 Å². The number of thioether (sulfide) groups is 2. The average Bonchev–Trinajstić information content (AvgIpc) is 2.58. The van der Waals surface area contributed by atoms with Gasteiger partial charge in [-0.05, 0) is 10.8 Å². The van der Waals surface area contributed by atoms with E-state index in [1.807, 2.05) is 16.9 Å². The fourth-order valence-electron chi connectivity index (χ4n) is 0.601. The molecule has 0 bridgehead atoms. The molecule has 0 aliphatic carbocycles. The first kappa shape index (κ1) is 9.23. The lowest BCUT2D eigenvalue weighted by atomic mass is 10.3. The topological polar surface area (TPSA) is 50.1 Å². The Morgan fingerprint density at radius 3 is 2.58 bits per heavy atom. The number of ether oxygens (including phenoxy) is 1. The van der Waals surface area contributed by atoms with Crippen LogP contribution in [0, 0.1) is 11.3 Å². The van der Waals surface area contributed by atoms with Gasteiger partial charge in [0.2, 0.25) is 0 Å². The zero-order valence-corrected chi connectivity index (χ0v) is 7.87. The number of carbonyl (C=O) groups excluding carboxylic acids is 1. The summed E-state index contributed by atoms with van der Waals surface area (Å²) in [6.07, 6.45) is 0. The van der Waals surface area contributed by atoms with E-state index >= 15 is 0 Å². The van der Waals surface area contributed by atoms with Crippen molar-refractivity contribution in [1.82, 2.24) is 0 Å². The van der Waals surface area contributed by atoms with Crippen molar-refractivity contribution in [3.8, 4) is 6.07 Å². The van der Waals surface area contributed by atoms with E-state index in [1.165, 1.54) is 30.6 Å². The number of hydrogen-bond donors (Lipinski definition) is 0. The number of hydrogen-bond acceptors (Lipinski definition) is 5. The zero-order chi connectivity index (χ0) is 8.97. The summed E-state index contributed by atoms with van der Waals surface area (Å²) in [5.41, 5.74) is 0.0810. The summed E-state index contributed by atoms with van der Waals surface area (Å²) in [6, 6.07) is 1.82. The molecule has 0 amide bonds. The van der Waals surface area contributed by atoms with Crippen LogP contribution in [-0.4, -0.2) is 13.1 Å². The smallest absolute Gasteiger partial charge is 0.350 e. The van der Waals surface area contributed by atoms with Gasteiger partial charge in [-0.15, -0.1) is 0 Å². The number of nitriles is 1. The van der Waals surface area contributed by atoms with E-state index in [2.05, 4.69) is 4.74 Å². The molecule has 0 radical (unpaired) electrons. The molecule has 1 heterocycles. The van der Waals surface area contributed by atoms with Gasteiger partial charge in [0.05, 0.1) is 11.3 Å². The monoisotopic (exact) mass is 199 g/mol. The maximum absolute atomic E-state index is 11.0. The first-order chi connectivity index (χ1) is 5.79. The Hall–Kier alpha value is -0.860. The van der Waals surface area contributed by atoms with Crippen LogP contribution < -0.4 is 0 Å². The van der Waals surface area contributed by atoms with E-state index in [4.69, 9.17) is 5.26 Å². The summed E-state index contributed by atoms with van der Waals surface area (Å²) >= 11 is 2.71. The molecule has 0 unspecified atom stereocenters. The highest BCUT2D eigenvalue weighted by Gasteiger charge is 2.17. The summed E-state index contributed by atoms with van der Waals surface area (Å²) < 4.78 is 5.13. The lowest BCUT2D eigenvalue weighted by molar-refractivity contribution is -0.135. The van der Waals surface area contributed by atoms with E-state index in [0.29, 0.717) is 4.24 Å². The predicted octanol–water partition coefficient (Wildman–Crippen LogP) is 1.85. The molecule has 0 aromatic carbocycles.